The van der Waals surface area contributed by atoms with E-state index in [4.69, 9.17) is 4.74 Å². The number of carbonyl (C=O) groups is 1. The molecule has 0 fully saturated rings. The van der Waals surface area contributed by atoms with Gasteiger partial charge in [0.1, 0.15) is 12.3 Å². The average Bonchev–Trinajstić information content (AvgIpc) is 2.97. The van der Waals surface area contributed by atoms with E-state index in [0.717, 1.165) is 14.9 Å². The van der Waals surface area contributed by atoms with Gasteiger partial charge < -0.3 is 4.74 Å². The van der Waals surface area contributed by atoms with Crippen molar-refractivity contribution in [1.82, 2.24) is 9.38 Å². The maximum atomic E-state index is 12.1. The number of hydrogen-bond acceptors (Lipinski definition) is 5. The molecule has 3 rings (SSSR count). The molecule has 0 N–H and O–H groups in total. The minimum Gasteiger partial charge on any atom is -0.456 e. The molecular formula is C17H13BrN2O3S. The Morgan fingerprint density at radius 3 is 3.00 bits per heavy atom. The molecule has 0 spiro atoms. The summed E-state index contributed by atoms with van der Waals surface area (Å²) < 4.78 is 7.36. The molecule has 0 radical (unpaired) electrons. The molecule has 0 aliphatic carbocycles. The van der Waals surface area contributed by atoms with Crippen LogP contribution in [0.5, 0.6) is 0 Å². The van der Waals surface area contributed by atoms with E-state index in [9.17, 15) is 9.59 Å². The molecular weight excluding hydrogens is 392 g/mol. The molecule has 24 heavy (non-hydrogen) atoms. The maximum Gasteiger partial charge on any atom is 0.331 e. The van der Waals surface area contributed by atoms with Crippen LogP contribution in [-0.4, -0.2) is 15.4 Å². The highest BCUT2D eigenvalue weighted by atomic mass is 79.9. The Hall–Kier alpha value is -2.25. The maximum absolute atomic E-state index is 12.1. The zero-order valence-corrected chi connectivity index (χ0v) is 15.1. The predicted octanol–water partition coefficient (Wildman–Crippen LogP) is 3.58. The number of rotatable bonds is 4. The van der Waals surface area contributed by atoms with Gasteiger partial charge in [-0.1, -0.05) is 0 Å². The van der Waals surface area contributed by atoms with Gasteiger partial charge in [0.2, 0.25) is 0 Å². The first-order chi connectivity index (χ1) is 11.5. The summed E-state index contributed by atoms with van der Waals surface area (Å²) >= 11 is 4.87. The molecule has 3 heterocycles. The van der Waals surface area contributed by atoms with Crippen molar-refractivity contribution in [1.29, 1.82) is 0 Å². The first-order valence-corrected chi connectivity index (χ1v) is 8.77. The molecule has 7 heteroatoms. The normalized spacial score (nSPS) is 11.2. The molecule has 3 aromatic rings. The van der Waals surface area contributed by atoms with Crippen LogP contribution in [0.25, 0.3) is 11.7 Å². The number of pyridine rings is 1. The van der Waals surface area contributed by atoms with Crippen LogP contribution in [0.3, 0.4) is 0 Å². The van der Waals surface area contributed by atoms with Crippen LogP contribution in [0, 0.1) is 6.92 Å². The number of hydrogen-bond donors (Lipinski definition) is 0. The Morgan fingerprint density at radius 2 is 2.25 bits per heavy atom. The van der Waals surface area contributed by atoms with Crippen LogP contribution in [0.2, 0.25) is 0 Å². The van der Waals surface area contributed by atoms with E-state index in [1.807, 2.05) is 18.4 Å². The lowest BCUT2D eigenvalue weighted by Crippen LogP contribution is -2.16. The summed E-state index contributed by atoms with van der Waals surface area (Å²) in [5.41, 5.74) is 1.80. The standard InChI is InChI=1S/C17H13BrN2O3S/c1-11-6-7-24-14(11)3-5-17(22)23-10-13-8-16(21)20-9-12(18)2-4-15(20)19-13/h2-9H,10H2,1H3/b5-3+. The van der Waals surface area contributed by atoms with Crippen molar-refractivity contribution in [2.24, 2.45) is 0 Å². The fraction of sp³-hybridized carbons (Fsp3) is 0.118. The van der Waals surface area contributed by atoms with E-state index in [2.05, 4.69) is 20.9 Å². The second-order valence-electron chi connectivity index (χ2n) is 5.07. The average molecular weight is 405 g/mol. The fourth-order valence-electron chi connectivity index (χ4n) is 2.09. The van der Waals surface area contributed by atoms with E-state index in [1.165, 1.54) is 16.5 Å². The second kappa shape index (κ2) is 7.11. The first kappa shape index (κ1) is 16.6. The molecule has 0 unspecified atom stereocenters. The van der Waals surface area contributed by atoms with Gasteiger partial charge in [0.25, 0.3) is 5.56 Å². The highest BCUT2D eigenvalue weighted by molar-refractivity contribution is 9.10. The van der Waals surface area contributed by atoms with Crippen molar-refractivity contribution in [3.63, 3.8) is 0 Å². The number of halogens is 1. The van der Waals surface area contributed by atoms with Crippen molar-refractivity contribution in [3.8, 4) is 0 Å². The zero-order chi connectivity index (χ0) is 17.1. The van der Waals surface area contributed by atoms with Gasteiger partial charge in [-0.15, -0.1) is 11.3 Å². The number of aromatic nitrogens is 2. The highest BCUT2D eigenvalue weighted by Crippen LogP contribution is 2.17. The third-order valence-corrected chi connectivity index (χ3v) is 4.76. The zero-order valence-electron chi connectivity index (χ0n) is 12.7. The van der Waals surface area contributed by atoms with Crippen LogP contribution in [0.15, 0.2) is 51.2 Å². The van der Waals surface area contributed by atoms with Crippen LogP contribution in [0.4, 0.5) is 0 Å². The van der Waals surface area contributed by atoms with Gasteiger partial charge in [-0.25, -0.2) is 9.78 Å². The molecule has 0 aliphatic heterocycles. The third kappa shape index (κ3) is 3.80. The van der Waals surface area contributed by atoms with Crippen LogP contribution in [-0.2, 0) is 16.1 Å². The van der Waals surface area contributed by atoms with Gasteiger partial charge in [-0.2, -0.15) is 0 Å². The summed E-state index contributed by atoms with van der Waals surface area (Å²) in [6.45, 7) is 1.93. The molecule has 0 saturated heterocycles. The molecule has 0 atom stereocenters. The number of ether oxygens (including phenoxy) is 1. The van der Waals surface area contributed by atoms with Gasteiger partial charge >= 0.3 is 5.97 Å². The number of thiophene rings is 1. The Morgan fingerprint density at radius 1 is 1.42 bits per heavy atom. The fourth-order valence-corrected chi connectivity index (χ4v) is 3.25. The Kier molecular flexibility index (Phi) is 4.92. The van der Waals surface area contributed by atoms with Gasteiger partial charge in [-0.3, -0.25) is 9.20 Å². The number of nitrogens with zero attached hydrogens (tertiary/aromatic N) is 2. The number of aryl methyl sites for hydroxylation is 1. The van der Waals surface area contributed by atoms with E-state index >= 15 is 0 Å². The van der Waals surface area contributed by atoms with E-state index < -0.39 is 5.97 Å². The van der Waals surface area contributed by atoms with Crippen molar-refractivity contribution in [3.05, 3.63) is 72.9 Å². The van der Waals surface area contributed by atoms with Crippen molar-refractivity contribution in [2.75, 3.05) is 0 Å². The minimum atomic E-state index is -0.472. The Bertz CT molecular complexity index is 991. The SMILES string of the molecule is Cc1ccsc1/C=C/C(=O)OCc1cc(=O)n2cc(Br)ccc2n1. The number of fused-ring (bicyclic) bond motifs is 1. The minimum absolute atomic E-state index is 0.0472. The summed E-state index contributed by atoms with van der Waals surface area (Å²) in [5, 5.41) is 1.96. The second-order valence-corrected chi connectivity index (χ2v) is 6.93. The first-order valence-electron chi connectivity index (χ1n) is 7.10. The smallest absolute Gasteiger partial charge is 0.331 e. The van der Waals surface area contributed by atoms with Gasteiger partial charge in [0.05, 0.1) is 5.69 Å². The van der Waals surface area contributed by atoms with E-state index in [0.29, 0.717) is 11.3 Å². The Balaban J connectivity index is 1.70. The van der Waals surface area contributed by atoms with Gasteiger partial charge in [0, 0.05) is 27.7 Å². The van der Waals surface area contributed by atoms with Crippen LogP contribution in [0.1, 0.15) is 16.1 Å². The molecule has 0 aliphatic rings. The van der Waals surface area contributed by atoms with E-state index in [-0.39, 0.29) is 12.2 Å². The Labute approximate surface area is 150 Å². The molecule has 0 saturated carbocycles. The lowest BCUT2D eigenvalue weighted by molar-refractivity contribution is -0.139. The topological polar surface area (TPSA) is 60.7 Å². The predicted molar refractivity (Wildman–Crippen MR) is 97.0 cm³/mol. The molecule has 5 nitrogen and oxygen atoms in total. The van der Waals surface area contributed by atoms with Gasteiger partial charge in [0.15, 0.2) is 0 Å². The third-order valence-electron chi connectivity index (χ3n) is 3.31. The summed E-state index contributed by atoms with van der Waals surface area (Å²) in [7, 11) is 0. The van der Waals surface area contributed by atoms with Crippen LogP contribution < -0.4 is 5.56 Å². The molecule has 0 aromatic carbocycles. The van der Waals surface area contributed by atoms with Crippen molar-refractivity contribution >= 4 is 45.0 Å². The lowest BCUT2D eigenvalue weighted by Gasteiger charge is -2.05. The summed E-state index contributed by atoms with van der Waals surface area (Å²) in [5.74, 6) is -0.472. The molecule has 3 aromatic heterocycles. The molecule has 0 bridgehead atoms. The molecule has 0 amide bonds. The molecule has 122 valence electrons. The van der Waals surface area contributed by atoms with Crippen LogP contribution >= 0.6 is 27.3 Å². The number of esters is 1. The van der Waals surface area contributed by atoms with Gasteiger partial charge in [-0.05, 0) is 58.1 Å². The quantitative estimate of drug-likeness (QED) is 0.492. The largest absolute Gasteiger partial charge is 0.456 e. The number of carbonyl (C=O) groups excluding carboxylic acids is 1. The van der Waals surface area contributed by atoms with Crippen molar-refractivity contribution < 1.29 is 9.53 Å². The summed E-state index contributed by atoms with van der Waals surface area (Å²) in [6, 6.07) is 6.86. The highest BCUT2D eigenvalue weighted by Gasteiger charge is 2.05. The monoisotopic (exact) mass is 404 g/mol. The lowest BCUT2D eigenvalue weighted by atomic mass is 10.3. The van der Waals surface area contributed by atoms with E-state index in [1.54, 1.807) is 35.7 Å². The summed E-state index contributed by atoms with van der Waals surface area (Å²) in [6.07, 6.45) is 4.75. The van der Waals surface area contributed by atoms with Crippen molar-refractivity contribution in [2.45, 2.75) is 13.5 Å². The summed E-state index contributed by atoms with van der Waals surface area (Å²) in [4.78, 5) is 29.2.